The van der Waals surface area contributed by atoms with Crippen LogP contribution in [0.2, 0.25) is 0 Å². The summed E-state index contributed by atoms with van der Waals surface area (Å²) in [6.07, 6.45) is 3.74. The van der Waals surface area contributed by atoms with E-state index in [0.29, 0.717) is 11.3 Å². The first-order chi connectivity index (χ1) is 11.6. The SMILES string of the molecule is C/C=C1/C(=O)Nc2cc(O)c(-c3ccc(CCCOC)cc3)cc21. The van der Waals surface area contributed by atoms with Gasteiger partial charge in [-0.05, 0) is 37.0 Å². The lowest BCUT2D eigenvalue weighted by atomic mass is 9.97. The van der Waals surface area contributed by atoms with Crippen LogP contribution in [0.15, 0.2) is 42.5 Å². The van der Waals surface area contributed by atoms with Gasteiger partial charge in [-0.2, -0.15) is 0 Å². The van der Waals surface area contributed by atoms with Crippen molar-refractivity contribution in [3.63, 3.8) is 0 Å². The van der Waals surface area contributed by atoms with Crippen LogP contribution in [0.25, 0.3) is 16.7 Å². The van der Waals surface area contributed by atoms with Crippen LogP contribution in [0.4, 0.5) is 5.69 Å². The number of carbonyl (C=O) groups is 1. The maximum absolute atomic E-state index is 11.9. The Balaban J connectivity index is 1.90. The van der Waals surface area contributed by atoms with Crippen LogP contribution < -0.4 is 5.32 Å². The molecule has 2 aromatic rings. The lowest BCUT2D eigenvalue weighted by molar-refractivity contribution is -0.110. The number of amides is 1. The number of aryl methyl sites for hydroxylation is 1. The number of aromatic hydroxyl groups is 1. The summed E-state index contributed by atoms with van der Waals surface area (Å²) >= 11 is 0. The average Bonchev–Trinajstić information content (AvgIpc) is 2.89. The lowest BCUT2D eigenvalue weighted by Crippen LogP contribution is -2.03. The second kappa shape index (κ2) is 6.89. The number of benzene rings is 2. The number of methoxy groups -OCH3 is 1. The number of hydrogen-bond acceptors (Lipinski definition) is 3. The number of hydrogen-bond donors (Lipinski definition) is 2. The molecule has 0 saturated heterocycles. The number of allylic oxidation sites excluding steroid dienone is 1. The molecule has 0 unspecified atom stereocenters. The Bertz CT molecular complexity index is 791. The molecule has 0 atom stereocenters. The van der Waals surface area contributed by atoms with Crippen LogP contribution >= 0.6 is 0 Å². The first-order valence-electron chi connectivity index (χ1n) is 8.07. The van der Waals surface area contributed by atoms with E-state index in [0.717, 1.165) is 36.1 Å². The van der Waals surface area contributed by atoms with Crippen molar-refractivity contribution in [1.82, 2.24) is 0 Å². The minimum Gasteiger partial charge on any atom is -0.507 e. The molecule has 0 fully saturated rings. The van der Waals surface area contributed by atoms with Crippen LogP contribution in [-0.2, 0) is 16.0 Å². The molecule has 24 heavy (non-hydrogen) atoms. The van der Waals surface area contributed by atoms with E-state index in [1.165, 1.54) is 5.56 Å². The number of rotatable bonds is 5. The van der Waals surface area contributed by atoms with E-state index >= 15 is 0 Å². The Labute approximate surface area is 141 Å². The van der Waals surface area contributed by atoms with Crippen molar-refractivity contribution < 1.29 is 14.6 Å². The number of phenolic OH excluding ortho intramolecular Hbond substituents is 1. The fraction of sp³-hybridized carbons (Fsp3) is 0.250. The summed E-state index contributed by atoms with van der Waals surface area (Å²) in [6.45, 7) is 2.59. The van der Waals surface area contributed by atoms with Crippen LogP contribution in [0.1, 0.15) is 24.5 Å². The largest absolute Gasteiger partial charge is 0.507 e. The van der Waals surface area contributed by atoms with Gasteiger partial charge in [-0.1, -0.05) is 30.3 Å². The Kier molecular flexibility index (Phi) is 4.67. The normalized spacial score (nSPS) is 14.8. The highest BCUT2D eigenvalue weighted by molar-refractivity contribution is 6.31. The molecule has 2 aromatic carbocycles. The van der Waals surface area contributed by atoms with Gasteiger partial charge in [0.05, 0.1) is 5.69 Å². The second-order valence-electron chi connectivity index (χ2n) is 5.86. The highest BCUT2D eigenvalue weighted by Gasteiger charge is 2.25. The zero-order chi connectivity index (χ0) is 17.1. The van der Waals surface area contributed by atoms with Gasteiger partial charge in [0.1, 0.15) is 5.75 Å². The van der Waals surface area contributed by atoms with Crippen molar-refractivity contribution in [3.05, 3.63) is 53.6 Å². The Morgan fingerprint density at radius 2 is 1.92 bits per heavy atom. The quantitative estimate of drug-likeness (QED) is 0.646. The third kappa shape index (κ3) is 3.05. The van der Waals surface area contributed by atoms with Crippen molar-refractivity contribution in [2.24, 2.45) is 0 Å². The van der Waals surface area contributed by atoms with Crippen LogP contribution in [0.3, 0.4) is 0 Å². The molecule has 124 valence electrons. The Hall–Kier alpha value is -2.59. The number of carbonyl (C=O) groups excluding carboxylic acids is 1. The average molecular weight is 323 g/mol. The predicted molar refractivity (Wildman–Crippen MR) is 96.0 cm³/mol. The van der Waals surface area contributed by atoms with Gasteiger partial charge in [0.2, 0.25) is 0 Å². The summed E-state index contributed by atoms with van der Waals surface area (Å²) in [5, 5.41) is 13.1. The molecule has 2 N–H and O–H groups in total. The molecule has 1 aliphatic heterocycles. The van der Waals surface area contributed by atoms with E-state index in [1.54, 1.807) is 19.3 Å². The molecule has 1 amide bonds. The monoisotopic (exact) mass is 323 g/mol. The minimum absolute atomic E-state index is 0.127. The Morgan fingerprint density at radius 3 is 2.58 bits per heavy atom. The standard InChI is InChI=1S/C20H21NO3/c1-3-15-17-11-16(19(22)12-18(17)21-20(15)23)14-8-6-13(7-9-14)5-4-10-24-2/h3,6-9,11-12,22H,4-5,10H2,1-2H3,(H,21,23)/b15-3+. The van der Waals surface area contributed by atoms with Crippen molar-refractivity contribution in [2.75, 3.05) is 19.0 Å². The molecular formula is C20H21NO3. The maximum Gasteiger partial charge on any atom is 0.256 e. The molecular weight excluding hydrogens is 302 g/mol. The van der Waals surface area contributed by atoms with E-state index in [4.69, 9.17) is 4.74 Å². The number of phenols is 1. The van der Waals surface area contributed by atoms with Gasteiger partial charge >= 0.3 is 0 Å². The molecule has 4 heteroatoms. The summed E-state index contributed by atoms with van der Waals surface area (Å²) in [5.41, 5.74) is 5.03. The summed E-state index contributed by atoms with van der Waals surface area (Å²) in [5.74, 6) is 0.0380. The molecule has 4 nitrogen and oxygen atoms in total. The molecule has 1 aliphatic rings. The fourth-order valence-corrected chi connectivity index (χ4v) is 3.02. The van der Waals surface area contributed by atoms with Crippen molar-refractivity contribution in [1.29, 1.82) is 0 Å². The van der Waals surface area contributed by atoms with Gasteiger partial charge in [0.25, 0.3) is 5.91 Å². The summed E-state index contributed by atoms with van der Waals surface area (Å²) in [4.78, 5) is 11.9. The summed E-state index contributed by atoms with van der Waals surface area (Å²) < 4.78 is 5.07. The third-order valence-electron chi connectivity index (χ3n) is 4.29. The summed E-state index contributed by atoms with van der Waals surface area (Å²) in [7, 11) is 1.71. The van der Waals surface area contributed by atoms with Crippen LogP contribution in [-0.4, -0.2) is 24.7 Å². The number of ether oxygens (including phenoxy) is 1. The second-order valence-corrected chi connectivity index (χ2v) is 5.86. The van der Waals surface area contributed by atoms with Crippen LogP contribution in [0.5, 0.6) is 5.75 Å². The number of fused-ring (bicyclic) bond motifs is 1. The smallest absolute Gasteiger partial charge is 0.256 e. The van der Waals surface area contributed by atoms with Gasteiger partial charge in [-0.15, -0.1) is 0 Å². The molecule has 0 radical (unpaired) electrons. The highest BCUT2D eigenvalue weighted by Crippen LogP contribution is 2.40. The molecule has 0 spiro atoms. The number of anilines is 1. The zero-order valence-electron chi connectivity index (χ0n) is 13.9. The van der Waals surface area contributed by atoms with Crippen molar-refractivity contribution in [2.45, 2.75) is 19.8 Å². The van der Waals surface area contributed by atoms with Gasteiger partial charge in [-0.25, -0.2) is 0 Å². The van der Waals surface area contributed by atoms with Gasteiger partial charge < -0.3 is 15.2 Å². The molecule has 0 aromatic heterocycles. The summed E-state index contributed by atoms with van der Waals surface area (Å²) in [6, 6.07) is 11.6. The van der Waals surface area contributed by atoms with Crippen molar-refractivity contribution in [3.8, 4) is 16.9 Å². The third-order valence-corrected chi connectivity index (χ3v) is 4.29. The van der Waals surface area contributed by atoms with E-state index in [9.17, 15) is 9.90 Å². The fourth-order valence-electron chi connectivity index (χ4n) is 3.02. The van der Waals surface area contributed by atoms with E-state index in [-0.39, 0.29) is 11.7 Å². The predicted octanol–water partition coefficient (Wildman–Crippen LogP) is 3.99. The Morgan fingerprint density at radius 1 is 1.17 bits per heavy atom. The molecule has 0 bridgehead atoms. The molecule has 1 heterocycles. The van der Waals surface area contributed by atoms with Gasteiger partial charge in [0.15, 0.2) is 0 Å². The lowest BCUT2D eigenvalue weighted by Gasteiger charge is -2.09. The molecule has 3 rings (SSSR count). The van der Waals surface area contributed by atoms with Crippen LogP contribution in [0, 0.1) is 0 Å². The molecule has 0 aliphatic carbocycles. The minimum atomic E-state index is -0.127. The first kappa shape index (κ1) is 16.3. The number of nitrogens with one attached hydrogen (secondary N) is 1. The van der Waals surface area contributed by atoms with Crippen molar-refractivity contribution >= 4 is 17.2 Å². The van der Waals surface area contributed by atoms with E-state index in [2.05, 4.69) is 17.4 Å². The maximum atomic E-state index is 11.9. The molecule has 0 saturated carbocycles. The van der Waals surface area contributed by atoms with Gasteiger partial charge in [0, 0.05) is 36.5 Å². The zero-order valence-corrected chi connectivity index (χ0v) is 13.9. The first-order valence-corrected chi connectivity index (χ1v) is 8.07. The van der Waals surface area contributed by atoms with E-state index in [1.807, 2.05) is 25.1 Å². The topological polar surface area (TPSA) is 58.6 Å². The van der Waals surface area contributed by atoms with E-state index < -0.39 is 0 Å². The van der Waals surface area contributed by atoms with Gasteiger partial charge in [-0.3, -0.25) is 4.79 Å². The highest BCUT2D eigenvalue weighted by atomic mass is 16.5.